The average molecular weight is 433 g/mol. The minimum absolute atomic E-state index is 0.138. The first-order valence-corrected chi connectivity index (χ1v) is 11.0. The van der Waals surface area contributed by atoms with Crippen molar-refractivity contribution in [2.24, 2.45) is 0 Å². The van der Waals surface area contributed by atoms with Crippen LogP contribution >= 0.6 is 0 Å². The second-order valence-corrected chi connectivity index (χ2v) is 8.34. The predicted molar refractivity (Wildman–Crippen MR) is 121 cm³/mol. The smallest absolute Gasteiger partial charge is 0.342 e. The van der Waals surface area contributed by atoms with Gasteiger partial charge in [0.15, 0.2) is 6.10 Å². The van der Waals surface area contributed by atoms with E-state index in [4.69, 9.17) is 4.74 Å². The van der Waals surface area contributed by atoms with Crippen LogP contribution in [0.3, 0.4) is 0 Å². The van der Waals surface area contributed by atoms with Crippen molar-refractivity contribution in [3.8, 4) is 16.9 Å². The lowest BCUT2D eigenvalue weighted by Crippen LogP contribution is -2.51. The van der Waals surface area contributed by atoms with Crippen LogP contribution in [0.1, 0.15) is 50.4 Å². The van der Waals surface area contributed by atoms with E-state index in [1.54, 1.807) is 36.3 Å². The van der Waals surface area contributed by atoms with Gasteiger partial charge in [-0.25, -0.2) is 9.48 Å². The Bertz CT molecular complexity index is 1070. The summed E-state index contributed by atoms with van der Waals surface area (Å²) in [6, 6.07) is 13.4. The van der Waals surface area contributed by atoms with Crippen molar-refractivity contribution in [1.29, 1.82) is 0 Å². The molecule has 1 aliphatic rings. The number of hydrogen-bond acceptors (Lipinski definition) is 5. The monoisotopic (exact) mass is 432 g/mol. The normalized spacial score (nSPS) is 19.4. The maximum Gasteiger partial charge on any atom is 0.342 e. The first-order valence-electron chi connectivity index (χ1n) is 11.0. The molecular weight excluding hydrogens is 404 g/mol. The zero-order valence-electron chi connectivity index (χ0n) is 18.6. The topological polar surface area (TPSA) is 77.3 Å². The van der Waals surface area contributed by atoms with Crippen LogP contribution in [0.25, 0.3) is 16.9 Å². The highest BCUT2D eigenvalue weighted by Gasteiger charge is 2.34. The van der Waals surface area contributed by atoms with E-state index >= 15 is 0 Å². The van der Waals surface area contributed by atoms with Crippen LogP contribution in [-0.4, -0.2) is 49.7 Å². The zero-order valence-corrected chi connectivity index (χ0v) is 18.6. The van der Waals surface area contributed by atoms with Crippen LogP contribution in [0.5, 0.6) is 0 Å². The summed E-state index contributed by atoms with van der Waals surface area (Å²) >= 11 is 0. The maximum atomic E-state index is 13.2. The van der Waals surface area contributed by atoms with Crippen molar-refractivity contribution in [3.05, 3.63) is 66.6 Å². The highest BCUT2D eigenvalue weighted by atomic mass is 16.5. The molecule has 0 spiro atoms. The molecule has 3 aromatic rings. The highest BCUT2D eigenvalue weighted by Crippen LogP contribution is 2.26. The van der Waals surface area contributed by atoms with Gasteiger partial charge in [-0.15, -0.1) is 0 Å². The minimum Gasteiger partial charge on any atom is -0.449 e. The zero-order chi connectivity index (χ0) is 22.7. The van der Waals surface area contributed by atoms with Gasteiger partial charge in [0.05, 0.1) is 5.69 Å². The second-order valence-electron chi connectivity index (χ2n) is 8.34. The molecule has 0 aliphatic carbocycles. The van der Waals surface area contributed by atoms with E-state index in [1.807, 2.05) is 55.1 Å². The fraction of sp³-hybridized carbons (Fsp3) is 0.360. The van der Waals surface area contributed by atoms with Gasteiger partial charge < -0.3 is 9.64 Å². The Morgan fingerprint density at radius 3 is 2.44 bits per heavy atom. The third-order valence-electron chi connectivity index (χ3n) is 5.97. The largest absolute Gasteiger partial charge is 0.449 e. The molecule has 1 saturated heterocycles. The fourth-order valence-corrected chi connectivity index (χ4v) is 4.29. The number of carbonyl (C=O) groups is 2. The first kappa shape index (κ1) is 21.7. The highest BCUT2D eigenvalue weighted by molar-refractivity contribution is 5.97. The van der Waals surface area contributed by atoms with Crippen molar-refractivity contribution >= 4 is 11.9 Å². The number of pyridine rings is 1. The van der Waals surface area contributed by atoms with Gasteiger partial charge in [-0.3, -0.25) is 9.78 Å². The lowest BCUT2D eigenvalue weighted by Gasteiger charge is -2.40. The van der Waals surface area contributed by atoms with Gasteiger partial charge >= 0.3 is 5.97 Å². The van der Waals surface area contributed by atoms with Crippen LogP contribution < -0.4 is 0 Å². The number of esters is 1. The molecule has 1 amide bonds. The van der Waals surface area contributed by atoms with Gasteiger partial charge in [-0.05, 0) is 64.3 Å². The molecule has 2 aromatic heterocycles. The summed E-state index contributed by atoms with van der Waals surface area (Å²) in [4.78, 5) is 32.3. The summed E-state index contributed by atoms with van der Waals surface area (Å²) in [5.41, 5.74) is 2.27. The molecule has 1 aromatic carbocycles. The quantitative estimate of drug-likeness (QED) is 0.563. The van der Waals surface area contributed by atoms with E-state index < -0.39 is 12.1 Å². The molecule has 7 nitrogen and oxygen atoms in total. The molecule has 3 heterocycles. The van der Waals surface area contributed by atoms with E-state index in [9.17, 15) is 9.59 Å². The van der Waals surface area contributed by atoms with E-state index in [-0.39, 0.29) is 18.0 Å². The molecule has 1 fully saturated rings. The SMILES string of the molecule is C[C@H](OC(=O)c1cn(-c2ccccc2)nc1-c1cccnc1)C(=O)N1[C@H](C)CCC[C@H]1C. The Kier molecular flexibility index (Phi) is 6.35. The Morgan fingerprint density at radius 1 is 1.06 bits per heavy atom. The Hall–Kier alpha value is -3.48. The van der Waals surface area contributed by atoms with Crippen molar-refractivity contribution in [2.75, 3.05) is 0 Å². The summed E-state index contributed by atoms with van der Waals surface area (Å²) < 4.78 is 7.29. The molecule has 0 unspecified atom stereocenters. The third-order valence-corrected chi connectivity index (χ3v) is 5.97. The van der Waals surface area contributed by atoms with Gasteiger partial charge in [-0.1, -0.05) is 18.2 Å². The summed E-state index contributed by atoms with van der Waals surface area (Å²) in [5, 5.41) is 4.62. The Labute approximate surface area is 188 Å². The molecule has 0 N–H and O–H groups in total. The number of rotatable bonds is 5. The lowest BCUT2D eigenvalue weighted by molar-refractivity contribution is -0.146. The third kappa shape index (κ3) is 4.42. The van der Waals surface area contributed by atoms with Crippen molar-refractivity contribution < 1.29 is 14.3 Å². The molecule has 32 heavy (non-hydrogen) atoms. The number of nitrogens with zero attached hydrogens (tertiary/aromatic N) is 4. The molecule has 1 aliphatic heterocycles. The molecule has 0 saturated carbocycles. The van der Waals surface area contributed by atoms with Crippen LogP contribution in [0, 0.1) is 0 Å². The van der Waals surface area contributed by atoms with Gasteiger partial charge in [0.25, 0.3) is 5.91 Å². The van der Waals surface area contributed by atoms with Crippen LogP contribution in [0.4, 0.5) is 0 Å². The van der Waals surface area contributed by atoms with Gasteiger partial charge in [0.2, 0.25) is 0 Å². The van der Waals surface area contributed by atoms with Gasteiger partial charge in [0, 0.05) is 36.2 Å². The Balaban J connectivity index is 1.61. The van der Waals surface area contributed by atoms with Crippen LogP contribution in [0.2, 0.25) is 0 Å². The van der Waals surface area contributed by atoms with E-state index in [0.717, 1.165) is 24.9 Å². The number of para-hydroxylation sites is 1. The molecule has 166 valence electrons. The second kappa shape index (κ2) is 9.34. The number of aromatic nitrogens is 3. The number of piperidine rings is 1. The fourth-order valence-electron chi connectivity index (χ4n) is 4.29. The summed E-state index contributed by atoms with van der Waals surface area (Å²) in [6.07, 6.45) is 7.11. The number of hydrogen-bond donors (Lipinski definition) is 0. The average Bonchev–Trinajstić information content (AvgIpc) is 3.26. The number of ether oxygens (including phenoxy) is 1. The minimum atomic E-state index is -0.882. The summed E-state index contributed by atoms with van der Waals surface area (Å²) in [7, 11) is 0. The first-order chi connectivity index (χ1) is 15.5. The Morgan fingerprint density at radius 2 is 1.78 bits per heavy atom. The van der Waals surface area contributed by atoms with Crippen molar-refractivity contribution in [3.63, 3.8) is 0 Å². The van der Waals surface area contributed by atoms with E-state index in [1.165, 1.54) is 0 Å². The number of carbonyl (C=O) groups excluding carboxylic acids is 2. The molecule has 7 heteroatoms. The molecular formula is C25H28N4O3. The molecule has 0 bridgehead atoms. The predicted octanol–water partition coefficient (Wildman–Crippen LogP) is 4.27. The van der Waals surface area contributed by atoms with Crippen molar-refractivity contribution in [2.45, 2.75) is 58.2 Å². The molecule has 3 atom stereocenters. The number of benzene rings is 1. The molecule has 0 radical (unpaired) electrons. The van der Waals surface area contributed by atoms with E-state index in [2.05, 4.69) is 10.1 Å². The number of likely N-dealkylation sites (tertiary alicyclic amines) is 1. The van der Waals surface area contributed by atoms with E-state index in [0.29, 0.717) is 16.8 Å². The van der Waals surface area contributed by atoms with Gasteiger partial charge in [-0.2, -0.15) is 5.10 Å². The van der Waals surface area contributed by atoms with Crippen LogP contribution in [-0.2, 0) is 9.53 Å². The maximum absolute atomic E-state index is 13.2. The lowest BCUT2D eigenvalue weighted by atomic mass is 9.97. The number of amides is 1. The summed E-state index contributed by atoms with van der Waals surface area (Å²) in [5.74, 6) is -0.736. The molecule has 4 rings (SSSR count). The van der Waals surface area contributed by atoms with Crippen molar-refractivity contribution in [1.82, 2.24) is 19.7 Å². The van der Waals surface area contributed by atoms with Gasteiger partial charge in [0.1, 0.15) is 11.3 Å². The standard InChI is InChI=1S/C25H28N4O3/c1-17-9-7-10-18(2)29(17)24(30)19(3)32-25(31)22-16-28(21-12-5-4-6-13-21)27-23(22)20-11-8-14-26-15-20/h4-6,8,11-19H,7,9-10H2,1-3H3/t17-,18-,19+/m1/s1. The summed E-state index contributed by atoms with van der Waals surface area (Å²) in [6.45, 7) is 5.73. The van der Waals surface area contributed by atoms with Crippen LogP contribution in [0.15, 0.2) is 61.1 Å².